The molecule has 1 N–H and O–H groups in total. The van der Waals surface area contributed by atoms with Crippen LogP contribution in [0.5, 0.6) is 11.5 Å². The number of hydrogen-bond acceptors (Lipinski definition) is 5. The average Bonchev–Trinajstić information content (AvgIpc) is 3.04. The van der Waals surface area contributed by atoms with Crippen molar-refractivity contribution in [2.24, 2.45) is 0 Å². The van der Waals surface area contributed by atoms with Gasteiger partial charge in [-0.15, -0.1) is 0 Å². The number of hydrogen-bond donors (Lipinski definition) is 1. The van der Waals surface area contributed by atoms with Crippen molar-refractivity contribution in [1.82, 2.24) is 4.31 Å². The normalized spacial score (nSPS) is 17.4. The summed E-state index contributed by atoms with van der Waals surface area (Å²) in [4.78, 5) is 12.8. The van der Waals surface area contributed by atoms with Gasteiger partial charge in [0.1, 0.15) is 13.2 Å². The van der Waals surface area contributed by atoms with Crippen LogP contribution in [0.25, 0.3) is 0 Å². The van der Waals surface area contributed by atoms with Gasteiger partial charge in [0.25, 0.3) is 5.91 Å². The maximum atomic E-state index is 12.8. The van der Waals surface area contributed by atoms with Crippen LogP contribution in [0.4, 0.5) is 5.69 Å². The zero-order chi connectivity index (χ0) is 20.3. The molecule has 154 valence electrons. The second-order valence-corrected chi connectivity index (χ2v) is 9.09. The van der Waals surface area contributed by atoms with Gasteiger partial charge in [0, 0.05) is 30.4 Å². The molecule has 0 spiro atoms. The number of carbonyl (C=O) groups is 1. The molecule has 4 rings (SSSR count). The summed E-state index contributed by atoms with van der Waals surface area (Å²) in [6.07, 6.45) is 3.89. The summed E-state index contributed by atoms with van der Waals surface area (Å²) in [5.41, 5.74) is 0.968. The van der Waals surface area contributed by atoms with Crippen molar-refractivity contribution in [1.29, 1.82) is 0 Å². The van der Waals surface area contributed by atoms with Crippen LogP contribution in [-0.4, -0.2) is 44.9 Å². The maximum absolute atomic E-state index is 12.8. The lowest BCUT2D eigenvalue weighted by atomic mass is 10.2. The first-order valence-corrected chi connectivity index (χ1v) is 11.3. The highest BCUT2D eigenvalue weighted by molar-refractivity contribution is 7.89. The summed E-state index contributed by atoms with van der Waals surface area (Å²) >= 11 is 0. The molecule has 2 aliphatic rings. The van der Waals surface area contributed by atoms with Gasteiger partial charge in [-0.2, -0.15) is 4.31 Å². The lowest BCUT2D eigenvalue weighted by Gasteiger charge is -2.20. The molecule has 0 atom stereocenters. The Kier molecular flexibility index (Phi) is 5.73. The van der Waals surface area contributed by atoms with Crippen molar-refractivity contribution in [3.05, 3.63) is 48.0 Å². The van der Waals surface area contributed by atoms with Crippen molar-refractivity contribution in [2.45, 2.75) is 30.6 Å². The predicted octanol–water partition coefficient (Wildman–Crippen LogP) is 3.27. The minimum Gasteiger partial charge on any atom is -0.486 e. The van der Waals surface area contributed by atoms with E-state index in [2.05, 4.69) is 5.32 Å². The van der Waals surface area contributed by atoms with E-state index in [0.29, 0.717) is 49.1 Å². The van der Waals surface area contributed by atoms with Gasteiger partial charge in [0.15, 0.2) is 11.5 Å². The van der Waals surface area contributed by atoms with Gasteiger partial charge in [0.2, 0.25) is 10.0 Å². The predicted molar refractivity (Wildman–Crippen MR) is 109 cm³/mol. The maximum Gasteiger partial charge on any atom is 0.255 e. The van der Waals surface area contributed by atoms with E-state index in [1.54, 1.807) is 22.5 Å². The molecule has 7 nitrogen and oxygen atoms in total. The Morgan fingerprint density at radius 1 is 0.862 bits per heavy atom. The highest BCUT2D eigenvalue weighted by Gasteiger charge is 2.25. The number of anilines is 1. The zero-order valence-electron chi connectivity index (χ0n) is 16.1. The van der Waals surface area contributed by atoms with Gasteiger partial charge < -0.3 is 14.8 Å². The topological polar surface area (TPSA) is 84.9 Å². The van der Waals surface area contributed by atoms with Crippen molar-refractivity contribution in [2.75, 3.05) is 31.6 Å². The van der Waals surface area contributed by atoms with Gasteiger partial charge in [-0.05, 0) is 49.2 Å². The number of rotatable bonds is 4. The molecular formula is C21H24N2O5S. The Balaban J connectivity index is 1.46. The molecule has 2 aliphatic heterocycles. The van der Waals surface area contributed by atoms with Crippen molar-refractivity contribution in [3.8, 4) is 11.5 Å². The molecule has 0 bridgehead atoms. The van der Waals surface area contributed by atoms with Crippen LogP contribution in [0.3, 0.4) is 0 Å². The summed E-state index contributed by atoms with van der Waals surface area (Å²) in [5.74, 6) is 0.922. The molecule has 0 aliphatic carbocycles. The number of ether oxygens (including phenoxy) is 2. The number of fused-ring (bicyclic) bond motifs is 1. The summed E-state index contributed by atoms with van der Waals surface area (Å²) in [6.45, 7) is 2.08. The van der Waals surface area contributed by atoms with Crippen LogP contribution >= 0.6 is 0 Å². The number of benzene rings is 2. The quantitative estimate of drug-likeness (QED) is 0.827. The van der Waals surface area contributed by atoms with E-state index in [9.17, 15) is 13.2 Å². The minimum absolute atomic E-state index is 0.218. The van der Waals surface area contributed by atoms with Gasteiger partial charge in [-0.3, -0.25) is 4.79 Å². The molecule has 0 saturated carbocycles. The number of carbonyl (C=O) groups excluding carboxylic acids is 1. The lowest BCUT2D eigenvalue weighted by molar-refractivity contribution is 0.102. The largest absolute Gasteiger partial charge is 0.486 e. The summed E-state index contributed by atoms with van der Waals surface area (Å²) in [5, 5.41) is 2.80. The van der Waals surface area contributed by atoms with E-state index < -0.39 is 10.0 Å². The first kappa shape index (κ1) is 19.7. The molecule has 2 aromatic carbocycles. The fraction of sp³-hybridized carbons (Fsp3) is 0.381. The first-order chi connectivity index (χ1) is 14.0. The highest BCUT2D eigenvalue weighted by atomic mass is 32.2. The monoisotopic (exact) mass is 416 g/mol. The second kappa shape index (κ2) is 8.42. The third kappa shape index (κ3) is 4.38. The molecule has 1 fully saturated rings. The van der Waals surface area contributed by atoms with Crippen LogP contribution in [0.2, 0.25) is 0 Å². The van der Waals surface area contributed by atoms with E-state index >= 15 is 0 Å². The number of amides is 1. The van der Waals surface area contributed by atoms with E-state index in [4.69, 9.17) is 9.47 Å². The van der Waals surface area contributed by atoms with Crippen LogP contribution in [0, 0.1) is 0 Å². The molecule has 1 saturated heterocycles. The number of sulfonamides is 1. The van der Waals surface area contributed by atoms with Gasteiger partial charge in [-0.1, -0.05) is 12.8 Å². The highest BCUT2D eigenvalue weighted by Crippen LogP contribution is 2.32. The van der Waals surface area contributed by atoms with Crippen LogP contribution in [0.1, 0.15) is 36.0 Å². The Morgan fingerprint density at radius 2 is 1.52 bits per heavy atom. The Hall–Kier alpha value is -2.58. The summed E-state index contributed by atoms with van der Waals surface area (Å²) in [6, 6.07) is 11.3. The fourth-order valence-corrected chi connectivity index (χ4v) is 5.05. The van der Waals surface area contributed by atoms with Crippen molar-refractivity contribution in [3.63, 3.8) is 0 Å². The molecule has 2 aromatic rings. The second-order valence-electron chi connectivity index (χ2n) is 7.16. The molecule has 29 heavy (non-hydrogen) atoms. The molecule has 0 aromatic heterocycles. The SMILES string of the molecule is O=C(Nc1ccc2c(c1)OCCO2)c1ccc(S(=O)(=O)N2CCCCCC2)cc1. The Morgan fingerprint density at radius 3 is 2.21 bits per heavy atom. The molecule has 2 heterocycles. The Labute approximate surface area is 170 Å². The zero-order valence-corrected chi connectivity index (χ0v) is 16.9. The minimum atomic E-state index is -3.53. The van der Waals surface area contributed by atoms with Gasteiger partial charge >= 0.3 is 0 Å². The van der Waals surface area contributed by atoms with E-state index in [1.165, 1.54) is 24.3 Å². The number of nitrogens with one attached hydrogen (secondary N) is 1. The van der Waals surface area contributed by atoms with Crippen molar-refractivity contribution < 1.29 is 22.7 Å². The van der Waals surface area contributed by atoms with E-state index in [-0.39, 0.29) is 10.8 Å². The Bertz CT molecular complexity index is 981. The van der Waals surface area contributed by atoms with E-state index in [1.807, 2.05) is 0 Å². The van der Waals surface area contributed by atoms with Crippen LogP contribution < -0.4 is 14.8 Å². The molecule has 0 radical (unpaired) electrons. The average molecular weight is 416 g/mol. The third-order valence-electron chi connectivity index (χ3n) is 5.12. The van der Waals surface area contributed by atoms with Crippen molar-refractivity contribution >= 4 is 21.6 Å². The molecule has 1 amide bonds. The van der Waals surface area contributed by atoms with Crippen LogP contribution in [0.15, 0.2) is 47.4 Å². The first-order valence-electron chi connectivity index (χ1n) is 9.85. The number of nitrogens with zero attached hydrogens (tertiary/aromatic N) is 1. The fourth-order valence-electron chi connectivity index (χ4n) is 3.53. The van der Waals surface area contributed by atoms with E-state index in [0.717, 1.165) is 25.7 Å². The molecule has 0 unspecified atom stereocenters. The molecular weight excluding hydrogens is 392 g/mol. The van der Waals surface area contributed by atoms with Crippen LogP contribution in [-0.2, 0) is 10.0 Å². The third-order valence-corrected chi connectivity index (χ3v) is 7.03. The smallest absolute Gasteiger partial charge is 0.255 e. The summed E-state index contributed by atoms with van der Waals surface area (Å²) in [7, 11) is -3.53. The summed E-state index contributed by atoms with van der Waals surface area (Å²) < 4.78 is 38.2. The lowest BCUT2D eigenvalue weighted by Crippen LogP contribution is -2.31. The molecule has 8 heteroatoms. The van der Waals surface area contributed by atoms with Gasteiger partial charge in [0.05, 0.1) is 4.90 Å². The van der Waals surface area contributed by atoms with Gasteiger partial charge in [-0.25, -0.2) is 8.42 Å². The standard InChI is InChI=1S/C21H24N2O5S/c24-21(22-17-7-10-19-20(15-17)28-14-13-27-19)16-5-8-18(9-6-16)29(25,26)23-11-3-1-2-4-12-23/h5-10,15H,1-4,11-14H2,(H,22,24).